The van der Waals surface area contributed by atoms with Crippen LogP contribution in [0.25, 0.3) is 0 Å². The maximum Gasteiger partial charge on any atom is 0.219 e. The molecule has 0 fully saturated rings. The van der Waals surface area contributed by atoms with Crippen LogP contribution in [0, 0.1) is 5.82 Å². The molecule has 2 heterocycles. The molecule has 3 rings (SSSR count). The number of oxazole rings is 1. The van der Waals surface area contributed by atoms with Crippen molar-refractivity contribution < 1.29 is 13.5 Å². The molecule has 2 aromatic heterocycles. The Morgan fingerprint density at radius 3 is 2.61 bits per heavy atom. The van der Waals surface area contributed by atoms with E-state index in [1.54, 1.807) is 30.6 Å². The number of ether oxygens (including phenoxy) is 1. The van der Waals surface area contributed by atoms with Crippen molar-refractivity contribution in [3.63, 3.8) is 0 Å². The van der Waals surface area contributed by atoms with Crippen LogP contribution in [-0.2, 0) is 18.5 Å². The normalized spacial score (nSPS) is 12.0. The van der Waals surface area contributed by atoms with E-state index in [9.17, 15) is 4.39 Å². The number of nitrogens with zero attached hydrogens (tertiary/aromatic N) is 3. The molecule has 164 valence electrons. The minimum atomic E-state index is -0.355. The lowest BCUT2D eigenvalue weighted by atomic mass is 9.94. The van der Waals surface area contributed by atoms with Gasteiger partial charge in [-0.1, -0.05) is 32.9 Å². The van der Waals surface area contributed by atoms with Crippen molar-refractivity contribution in [2.24, 2.45) is 4.99 Å². The van der Waals surface area contributed by atoms with Gasteiger partial charge in [0, 0.05) is 30.3 Å². The fourth-order valence-corrected chi connectivity index (χ4v) is 2.63. The zero-order chi connectivity index (χ0) is 22.3. The first-order valence-corrected chi connectivity index (χ1v) is 10.2. The zero-order valence-electron chi connectivity index (χ0n) is 18.3. The van der Waals surface area contributed by atoms with Gasteiger partial charge in [0.25, 0.3) is 0 Å². The third-order valence-corrected chi connectivity index (χ3v) is 4.28. The second-order valence-electron chi connectivity index (χ2n) is 7.98. The highest BCUT2D eigenvalue weighted by Crippen LogP contribution is 2.22. The van der Waals surface area contributed by atoms with Crippen LogP contribution in [0.3, 0.4) is 0 Å². The first-order chi connectivity index (χ1) is 14.8. The predicted octanol–water partition coefficient (Wildman–Crippen LogP) is 4.55. The lowest BCUT2D eigenvalue weighted by Crippen LogP contribution is -2.36. The van der Waals surface area contributed by atoms with Crippen molar-refractivity contribution in [3.05, 3.63) is 71.8 Å². The van der Waals surface area contributed by atoms with Crippen LogP contribution in [-0.4, -0.2) is 22.5 Å². The molecule has 31 heavy (non-hydrogen) atoms. The molecule has 0 saturated heterocycles. The van der Waals surface area contributed by atoms with Gasteiger partial charge in [0.15, 0.2) is 5.96 Å². The molecule has 2 N–H and O–H groups in total. The maximum atomic E-state index is 13.3. The lowest BCUT2D eigenvalue weighted by Gasteiger charge is -2.13. The number of benzene rings is 1. The molecule has 0 amide bonds. The summed E-state index contributed by atoms with van der Waals surface area (Å²) in [6.45, 7) is 9.83. The lowest BCUT2D eigenvalue weighted by molar-refractivity contribution is 0.379. The smallest absolute Gasteiger partial charge is 0.219 e. The maximum absolute atomic E-state index is 13.3. The molecule has 0 unspecified atom stereocenters. The Kier molecular flexibility index (Phi) is 7.23. The number of aromatic nitrogens is 2. The van der Waals surface area contributed by atoms with Crippen LogP contribution in [0.2, 0.25) is 0 Å². The predicted molar refractivity (Wildman–Crippen MR) is 118 cm³/mol. The quantitative estimate of drug-likeness (QED) is 0.427. The third kappa shape index (κ3) is 6.80. The molecule has 0 atom stereocenters. The molecular formula is C23H28FN5O2. The van der Waals surface area contributed by atoms with E-state index in [4.69, 9.17) is 9.15 Å². The summed E-state index contributed by atoms with van der Waals surface area (Å²) in [4.78, 5) is 13.2. The summed E-state index contributed by atoms with van der Waals surface area (Å²) in [5, 5.41) is 6.42. The van der Waals surface area contributed by atoms with Crippen LogP contribution in [0.15, 0.2) is 58.2 Å². The monoisotopic (exact) mass is 425 g/mol. The van der Waals surface area contributed by atoms with Crippen molar-refractivity contribution >= 4 is 5.96 Å². The SMILES string of the molecule is CCNC(=NCc1ccc(Oc2cccc(F)c2)nc1)NCc1ncc(C(C)(C)C)o1. The van der Waals surface area contributed by atoms with Crippen molar-refractivity contribution in [1.29, 1.82) is 0 Å². The summed E-state index contributed by atoms with van der Waals surface area (Å²) in [7, 11) is 0. The number of rotatable bonds is 7. The largest absolute Gasteiger partial charge is 0.443 e. The summed E-state index contributed by atoms with van der Waals surface area (Å²) < 4.78 is 24.6. The first-order valence-electron chi connectivity index (χ1n) is 10.2. The summed E-state index contributed by atoms with van der Waals surface area (Å²) in [6, 6.07) is 9.55. The molecule has 8 heteroatoms. The summed E-state index contributed by atoms with van der Waals surface area (Å²) >= 11 is 0. The fourth-order valence-electron chi connectivity index (χ4n) is 2.63. The minimum Gasteiger partial charge on any atom is -0.443 e. The molecule has 0 spiro atoms. The van der Waals surface area contributed by atoms with Gasteiger partial charge < -0.3 is 19.8 Å². The van der Waals surface area contributed by atoms with Gasteiger partial charge in [-0.05, 0) is 24.6 Å². The fraction of sp³-hybridized carbons (Fsp3) is 0.348. The summed E-state index contributed by atoms with van der Waals surface area (Å²) in [5.41, 5.74) is 0.830. The third-order valence-electron chi connectivity index (χ3n) is 4.28. The molecule has 0 aliphatic carbocycles. The van der Waals surface area contributed by atoms with Crippen LogP contribution >= 0.6 is 0 Å². The second-order valence-corrected chi connectivity index (χ2v) is 7.98. The van der Waals surface area contributed by atoms with Gasteiger partial charge in [0.05, 0.1) is 19.3 Å². The highest BCUT2D eigenvalue weighted by Gasteiger charge is 2.19. The Morgan fingerprint density at radius 2 is 1.97 bits per heavy atom. The van der Waals surface area contributed by atoms with Crippen LogP contribution in [0.5, 0.6) is 11.6 Å². The Balaban J connectivity index is 1.57. The molecular weight excluding hydrogens is 397 g/mol. The number of guanidine groups is 1. The van der Waals surface area contributed by atoms with Crippen molar-refractivity contribution in [3.8, 4) is 11.6 Å². The molecule has 0 bridgehead atoms. The average molecular weight is 426 g/mol. The number of hydrogen-bond donors (Lipinski definition) is 2. The van der Waals surface area contributed by atoms with Crippen LogP contribution < -0.4 is 15.4 Å². The van der Waals surface area contributed by atoms with E-state index in [-0.39, 0.29) is 11.2 Å². The van der Waals surface area contributed by atoms with Crippen molar-refractivity contribution in [1.82, 2.24) is 20.6 Å². The van der Waals surface area contributed by atoms with Gasteiger partial charge >= 0.3 is 0 Å². The van der Waals surface area contributed by atoms with E-state index in [2.05, 4.69) is 46.4 Å². The van der Waals surface area contributed by atoms with E-state index >= 15 is 0 Å². The standard InChI is InChI=1S/C23H28FN5O2/c1-5-25-22(29-15-21-27-14-19(31-21)23(2,3)4)28-13-16-9-10-20(26-12-16)30-18-8-6-7-17(24)11-18/h6-12,14H,5,13,15H2,1-4H3,(H2,25,28,29). The summed E-state index contributed by atoms with van der Waals surface area (Å²) in [6.07, 6.45) is 3.45. The Bertz CT molecular complexity index is 1010. The molecule has 3 aromatic rings. The molecule has 0 saturated carbocycles. The van der Waals surface area contributed by atoms with Crippen LogP contribution in [0.4, 0.5) is 4.39 Å². The first kappa shape index (κ1) is 22.3. The zero-order valence-corrected chi connectivity index (χ0v) is 18.3. The summed E-state index contributed by atoms with van der Waals surface area (Å²) in [5.74, 6) is 2.54. The molecule has 7 nitrogen and oxygen atoms in total. The van der Waals surface area contributed by atoms with E-state index in [0.717, 1.165) is 17.9 Å². The van der Waals surface area contributed by atoms with E-state index in [1.165, 1.54) is 12.1 Å². The molecule has 0 radical (unpaired) electrons. The molecule has 0 aliphatic heterocycles. The van der Waals surface area contributed by atoms with Gasteiger partial charge in [-0.3, -0.25) is 0 Å². The van der Waals surface area contributed by atoms with E-state index in [1.807, 2.05) is 13.0 Å². The highest BCUT2D eigenvalue weighted by molar-refractivity contribution is 5.79. The van der Waals surface area contributed by atoms with Gasteiger partial charge in [-0.25, -0.2) is 19.4 Å². The average Bonchev–Trinajstić information content (AvgIpc) is 3.21. The van der Waals surface area contributed by atoms with Crippen LogP contribution in [0.1, 0.15) is 44.9 Å². The van der Waals surface area contributed by atoms with Gasteiger partial charge in [0.1, 0.15) is 17.3 Å². The van der Waals surface area contributed by atoms with Gasteiger partial charge in [0.2, 0.25) is 11.8 Å². The Morgan fingerprint density at radius 1 is 1.13 bits per heavy atom. The highest BCUT2D eigenvalue weighted by atomic mass is 19.1. The number of halogens is 1. The topological polar surface area (TPSA) is 84.6 Å². The Labute approximate surface area is 181 Å². The van der Waals surface area contributed by atoms with Gasteiger partial charge in [-0.15, -0.1) is 0 Å². The molecule has 0 aliphatic rings. The second kappa shape index (κ2) is 10.1. The molecule has 1 aromatic carbocycles. The van der Waals surface area contributed by atoms with E-state index in [0.29, 0.717) is 36.6 Å². The number of hydrogen-bond acceptors (Lipinski definition) is 5. The minimum absolute atomic E-state index is 0.0820. The van der Waals surface area contributed by atoms with Crippen molar-refractivity contribution in [2.45, 2.75) is 46.2 Å². The Hall–Kier alpha value is -3.42. The van der Waals surface area contributed by atoms with Crippen molar-refractivity contribution in [2.75, 3.05) is 6.54 Å². The van der Waals surface area contributed by atoms with E-state index < -0.39 is 0 Å². The number of aliphatic imine (C=N–C) groups is 1. The number of nitrogens with one attached hydrogen (secondary N) is 2. The number of pyridine rings is 1. The van der Waals surface area contributed by atoms with Gasteiger partial charge in [-0.2, -0.15) is 0 Å².